The van der Waals surface area contributed by atoms with Gasteiger partial charge in [-0.2, -0.15) is 5.10 Å². The van der Waals surface area contributed by atoms with E-state index < -0.39 is 6.03 Å². The van der Waals surface area contributed by atoms with Crippen LogP contribution in [0.25, 0.3) is 10.9 Å². The van der Waals surface area contributed by atoms with E-state index in [1.165, 1.54) is 10.8 Å². The molecule has 0 aliphatic heterocycles. The highest BCUT2D eigenvalue weighted by molar-refractivity contribution is 6.04. The Balaban J connectivity index is 1.25. The van der Waals surface area contributed by atoms with E-state index in [9.17, 15) is 14.4 Å². The van der Waals surface area contributed by atoms with Gasteiger partial charge in [-0.1, -0.05) is 30.3 Å². The second kappa shape index (κ2) is 9.56. The number of hydrogen-bond acceptors (Lipinski definition) is 5. The van der Waals surface area contributed by atoms with Crippen molar-refractivity contribution in [2.24, 2.45) is 0 Å². The molecule has 0 radical (unpaired) electrons. The van der Waals surface area contributed by atoms with Gasteiger partial charge in [-0.3, -0.25) is 14.5 Å². The van der Waals surface area contributed by atoms with Crippen molar-refractivity contribution in [1.29, 1.82) is 0 Å². The average molecular weight is 431 g/mol. The molecule has 4 aromatic rings. The number of nitrogens with one attached hydrogen (secondary N) is 4. The van der Waals surface area contributed by atoms with Crippen molar-refractivity contribution in [2.45, 2.75) is 6.54 Å². The number of para-hydroxylation sites is 1. The highest BCUT2D eigenvalue weighted by atomic mass is 16.2. The predicted molar refractivity (Wildman–Crippen MR) is 119 cm³/mol. The number of aromatic nitrogens is 4. The number of carbonyl (C=O) groups is 2. The van der Waals surface area contributed by atoms with Crippen LogP contribution < -0.4 is 21.6 Å². The molecule has 0 aliphatic carbocycles. The van der Waals surface area contributed by atoms with Crippen molar-refractivity contribution in [3.63, 3.8) is 0 Å². The summed E-state index contributed by atoms with van der Waals surface area (Å²) in [5.74, 6) is -0.317. The monoisotopic (exact) mass is 431 g/mol. The molecule has 2 aromatic heterocycles. The lowest BCUT2D eigenvalue weighted by molar-refractivity contribution is 0.0950. The summed E-state index contributed by atoms with van der Waals surface area (Å²) in [5, 5.41) is 15.8. The molecule has 2 aromatic carbocycles. The zero-order chi connectivity index (χ0) is 22.3. The lowest BCUT2D eigenvalue weighted by Crippen LogP contribution is -2.37. The predicted octanol–water partition coefficient (Wildman–Crippen LogP) is 1.72. The van der Waals surface area contributed by atoms with Gasteiger partial charge in [0.25, 0.3) is 5.91 Å². The molecule has 0 atom stereocenters. The number of anilines is 1. The van der Waals surface area contributed by atoms with Crippen molar-refractivity contribution in [1.82, 2.24) is 30.4 Å². The lowest BCUT2D eigenvalue weighted by atomic mass is 10.2. The van der Waals surface area contributed by atoms with Gasteiger partial charge in [0.05, 0.1) is 12.1 Å². The molecular formula is C22H21N7O3. The second-order valence-electron chi connectivity index (χ2n) is 6.99. The highest BCUT2D eigenvalue weighted by Gasteiger charge is 2.13. The molecule has 0 fully saturated rings. The number of aromatic amines is 1. The molecule has 0 unspecified atom stereocenters. The normalized spacial score (nSPS) is 10.6. The van der Waals surface area contributed by atoms with Crippen LogP contribution in [0.1, 0.15) is 16.1 Å². The number of carbonyl (C=O) groups excluding carboxylic acids is 2. The van der Waals surface area contributed by atoms with E-state index in [1.54, 1.807) is 30.5 Å². The van der Waals surface area contributed by atoms with Gasteiger partial charge in [0.2, 0.25) is 0 Å². The Bertz CT molecular complexity index is 1310. The van der Waals surface area contributed by atoms with E-state index in [2.05, 4.69) is 31.1 Å². The van der Waals surface area contributed by atoms with Crippen LogP contribution in [-0.4, -0.2) is 44.8 Å². The maximum atomic E-state index is 12.3. The van der Waals surface area contributed by atoms with Crippen LogP contribution in [0.15, 0.2) is 71.8 Å². The van der Waals surface area contributed by atoms with Gasteiger partial charge in [-0.05, 0) is 29.8 Å². The van der Waals surface area contributed by atoms with Crippen LogP contribution in [0, 0.1) is 0 Å². The third kappa shape index (κ3) is 4.98. The van der Waals surface area contributed by atoms with E-state index in [-0.39, 0.29) is 24.7 Å². The fraction of sp³-hybridized carbons (Fsp3) is 0.136. The topological polar surface area (TPSA) is 134 Å². The second-order valence-corrected chi connectivity index (χ2v) is 6.99. The molecule has 32 heavy (non-hydrogen) atoms. The summed E-state index contributed by atoms with van der Waals surface area (Å²) < 4.78 is 1.48. The number of benzene rings is 2. The van der Waals surface area contributed by atoms with Gasteiger partial charge < -0.3 is 16.0 Å². The number of nitrogens with zero attached hydrogens (tertiary/aromatic N) is 3. The highest BCUT2D eigenvalue weighted by Crippen LogP contribution is 2.14. The molecule has 4 N–H and O–H groups in total. The summed E-state index contributed by atoms with van der Waals surface area (Å²) in [6, 6.07) is 15.8. The van der Waals surface area contributed by atoms with E-state index >= 15 is 0 Å². The van der Waals surface area contributed by atoms with Crippen molar-refractivity contribution < 1.29 is 9.59 Å². The van der Waals surface area contributed by atoms with Gasteiger partial charge >= 0.3 is 11.7 Å². The van der Waals surface area contributed by atoms with E-state index in [1.807, 2.05) is 30.3 Å². The number of hydrogen-bond donors (Lipinski definition) is 4. The van der Waals surface area contributed by atoms with Gasteiger partial charge in [-0.25, -0.2) is 14.6 Å². The molecule has 0 saturated carbocycles. The van der Waals surface area contributed by atoms with Gasteiger partial charge in [-0.15, -0.1) is 0 Å². The van der Waals surface area contributed by atoms with Gasteiger partial charge in [0.15, 0.2) is 5.69 Å². The molecule has 10 nitrogen and oxygen atoms in total. The number of H-pyrrole nitrogens is 1. The minimum atomic E-state index is -0.403. The summed E-state index contributed by atoms with van der Waals surface area (Å²) in [6.07, 6.45) is 3.10. The standard InChI is InChI=1S/C22H21N7O3/c30-20(19-17-7-1-2-8-18(17)27-28-19)23-10-11-24-21(31)26-16-6-3-5-15(13-16)14-29-12-4-9-25-22(29)32/h1-9,12-13H,10-11,14H2,(H,23,30)(H,27,28)(H2,24,26,31). The number of fused-ring (bicyclic) bond motifs is 1. The van der Waals surface area contributed by atoms with Crippen LogP contribution >= 0.6 is 0 Å². The number of amides is 3. The van der Waals surface area contributed by atoms with Crippen LogP contribution in [-0.2, 0) is 6.54 Å². The van der Waals surface area contributed by atoms with Crippen molar-refractivity contribution in [2.75, 3.05) is 18.4 Å². The zero-order valence-electron chi connectivity index (χ0n) is 17.0. The molecule has 0 aliphatic rings. The van der Waals surface area contributed by atoms with Crippen LogP contribution in [0.2, 0.25) is 0 Å². The maximum Gasteiger partial charge on any atom is 0.347 e. The first-order valence-corrected chi connectivity index (χ1v) is 9.97. The minimum Gasteiger partial charge on any atom is -0.349 e. The van der Waals surface area contributed by atoms with Gasteiger partial charge in [0, 0.05) is 36.6 Å². The Morgan fingerprint density at radius 3 is 2.72 bits per heavy atom. The Hall–Kier alpha value is -4.47. The smallest absolute Gasteiger partial charge is 0.347 e. The van der Waals surface area contributed by atoms with Crippen molar-refractivity contribution >= 4 is 28.5 Å². The summed E-state index contributed by atoms with van der Waals surface area (Å²) in [4.78, 5) is 40.0. The largest absolute Gasteiger partial charge is 0.349 e. The molecule has 0 saturated heterocycles. The van der Waals surface area contributed by atoms with Crippen LogP contribution in [0.4, 0.5) is 10.5 Å². The molecule has 0 bridgehead atoms. The summed E-state index contributed by atoms with van der Waals surface area (Å²) >= 11 is 0. The third-order valence-corrected chi connectivity index (χ3v) is 4.70. The van der Waals surface area contributed by atoms with Crippen LogP contribution in [0.5, 0.6) is 0 Å². The molecule has 3 amide bonds. The molecule has 162 valence electrons. The van der Waals surface area contributed by atoms with Crippen molar-refractivity contribution in [3.05, 3.63) is 88.7 Å². The third-order valence-electron chi connectivity index (χ3n) is 4.70. The Kier molecular flexibility index (Phi) is 6.21. The van der Waals surface area contributed by atoms with E-state index in [4.69, 9.17) is 0 Å². The Morgan fingerprint density at radius 1 is 1.00 bits per heavy atom. The average Bonchev–Trinajstić information content (AvgIpc) is 3.23. The number of urea groups is 1. The fourth-order valence-corrected chi connectivity index (χ4v) is 3.20. The minimum absolute atomic E-state index is 0.241. The first-order valence-electron chi connectivity index (χ1n) is 9.97. The lowest BCUT2D eigenvalue weighted by Gasteiger charge is -2.10. The number of rotatable bonds is 7. The van der Waals surface area contributed by atoms with E-state index in [0.29, 0.717) is 17.9 Å². The van der Waals surface area contributed by atoms with Crippen LogP contribution in [0.3, 0.4) is 0 Å². The Morgan fingerprint density at radius 2 is 1.84 bits per heavy atom. The first-order chi connectivity index (χ1) is 15.6. The fourth-order valence-electron chi connectivity index (χ4n) is 3.20. The molecule has 2 heterocycles. The molecular weight excluding hydrogens is 410 g/mol. The maximum absolute atomic E-state index is 12.3. The molecule has 4 rings (SSSR count). The Labute approximate surface area is 182 Å². The SMILES string of the molecule is O=C(NCCNC(=O)c1n[nH]c2ccccc12)Nc1cccc(Cn2cccnc2=O)c1. The summed E-state index contributed by atoms with van der Waals surface area (Å²) in [6.45, 7) is 0.833. The van der Waals surface area contributed by atoms with E-state index in [0.717, 1.165) is 16.5 Å². The first kappa shape index (κ1) is 20.8. The molecule has 0 spiro atoms. The summed E-state index contributed by atoms with van der Waals surface area (Å²) in [7, 11) is 0. The quantitative estimate of drug-likeness (QED) is 0.331. The zero-order valence-corrected chi connectivity index (χ0v) is 17.0. The summed E-state index contributed by atoms with van der Waals surface area (Å²) in [5.41, 5.74) is 2.19. The van der Waals surface area contributed by atoms with Gasteiger partial charge in [0.1, 0.15) is 0 Å². The molecule has 10 heteroatoms. The van der Waals surface area contributed by atoms with Crippen molar-refractivity contribution in [3.8, 4) is 0 Å².